The van der Waals surface area contributed by atoms with E-state index in [1.807, 2.05) is 70.5 Å². The molecule has 0 spiro atoms. The second-order valence-electron chi connectivity index (χ2n) is 25.5. The summed E-state index contributed by atoms with van der Waals surface area (Å²) in [7, 11) is 0. The van der Waals surface area contributed by atoms with Crippen molar-refractivity contribution >= 4 is 76.5 Å². The third kappa shape index (κ3) is 21.6. The zero-order chi connectivity index (χ0) is 68.4. The summed E-state index contributed by atoms with van der Waals surface area (Å²) in [5.74, 6) is 1.20. The molecule has 6 aliphatic rings. The molecule has 0 bridgehead atoms. The Balaban J connectivity index is 0.000000159. The number of aromatic nitrogens is 9. The van der Waals surface area contributed by atoms with Gasteiger partial charge in [-0.05, 0) is 89.5 Å². The minimum atomic E-state index is -1.35. The summed E-state index contributed by atoms with van der Waals surface area (Å²) in [5.41, 5.74) is 4.30. The van der Waals surface area contributed by atoms with E-state index in [4.69, 9.17) is 39.5 Å². The maximum Gasteiger partial charge on any atom is 0.410 e. The van der Waals surface area contributed by atoms with Crippen LogP contribution in [0.3, 0.4) is 0 Å². The van der Waals surface area contributed by atoms with Gasteiger partial charge in [0.1, 0.15) is 24.1 Å². The molecule has 6 aromatic rings. The highest BCUT2D eigenvalue weighted by Crippen LogP contribution is 2.26. The number of benzene rings is 3. The molecular weight excluding hydrogens is 1320 g/mol. The minimum absolute atomic E-state index is 0.0956. The van der Waals surface area contributed by atoms with Gasteiger partial charge in [-0.1, -0.05) is 71.2 Å². The second-order valence-corrected chi connectivity index (χ2v) is 26.8. The van der Waals surface area contributed by atoms with Crippen molar-refractivity contribution in [1.82, 2.24) is 91.7 Å². The van der Waals surface area contributed by atoms with Crippen LogP contribution < -0.4 is 41.3 Å². The molecule has 6 aliphatic heterocycles. The Hall–Kier alpha value is -7.77. The van der Waals surface area contributed by atoms with Gasteiger partial charge in [0.15, 0.2) is 0 Å². The Morgan fingerprint density at radius 1 is 0.474 bits per heavy atom. The topological polar surface area (TPSA) is 276 Å². The summed E-state index contributed by atoms with van der Waals surface area (Å²) in [6, 6.07) is 20.8. The van der Waals surface area contributed by atoms with Crippen LogP contribution in [0.1, 0.15) is 40.0 Å². The summed E-state index contributed by atoms with van der Waals surface area (Å²) >= 11 is 17.9. The van der Waals surface area contributed by atoms with Crippen LogP contribution in [0.4, 0.5) is 35.8 Å². The molecule has 520 valence electrons. The first kappa shape index (κ1) is 72.0. The molecule has 32 heteroatoms. The number of amides is 4. The lowest BCUT2D eigenvalue weighted by Crippen LogP contribution is -2.56. The van der Waals surface area contributed by atoms with E-state index in [9.17, 15) is 32.3 Å². The number of nitrogens with zero attached hydrogens (tertiary/aromatic N) is 16. The predicted molar refractivity (Wildman–Crippen MR) is 365 cm³/mol. The molecular formula is C65H83Cl3F3N21O5. The molecule has 26 nitrogen and oxygen atoms in total. The number of nitrogens with one attached hydrogen (secondary N) is 5. The van der Waals surface area contributed by atoms with E-state index < -0.39 is 48.3 Å². The van der Waals surface area contributed by atoms with Crippen LogP contribution in [0, 0.1) is 0 Å². The molecule has 0 aliphatic carbocycles. The Kier molecular flexibility index (Phi) is 25.7. The largest absolute Gasteiger partial charge is 0.444 e. The number of anilines is 3. The van der Waals surface area contributed by atoms with Crippen LogP contribution in [0.15, 0.2) is 91.4 Å². The van der Waals surface area contributed by atoms with E-state index >= 15 is 0 Å². The Morgan fingerprint density at radius 3 is 1.09 bits per heavy atom. The van der Waals surface area contributed by atoms with Crippen LogP contribution in [-0.2, 0) is 19.1 Å². The van der Waals surface area contributed by atoms with Gasteiger partial charge in [-0.25, -0.2) is 32.9 Å². The van der Waals surface area contributed by atoms with E-state index in [1.165, 1.54) is 4.90 Å². The summed E-state index contributed by atoms with van der Waals surface area (Å²) in [5, 5.41) is 41.3. The summed E-state index contributed by atoms with van der Waals surface area (Å²) in [6.45, 7) is 16.5. The lowest BCUT2D eigenvalue weighted by atomic mass is 10.0. The number of carbonyl (C=O) groups excluding carboxylic acids is 4. The number of rotatable bonds is 15. The average Bonchev–Trinajstić information content (AvgIpc) is 0.915. The Bertz CT molecular complexity index is 3390. The summed E-state index contributed by atoms with van der Waals surface area (Å²) in [4.78, 5) is 77.0. The number of piperidine rings is 3. The molecule has 5 N–H and O–H groups in total. The molecule has 9 heterocycles. The fourth-order valence-corrected chi connectivity index (χ4v) is 12.2. The van der Waals surface area contributed by atoms with Crippen molar-refractivity contribution in [3.63, 3.8) is 0 Å². The van der Waals surface area contributed by atoms with Crippen LogP contribution in [0.5, 0.6) is 0 Å². The van der Waals surface area contributed by atoms with Crippen LogP contribution in [0.25, 0.3) is 33.8 Å². The number of likely N-dealkylation sites (tertiary alicyclic amines) is 1. The van der Waals surface area contributed by atoms with Gasteiger partial charge in [0.05, 0.1) is 80.0 Å². The van der Waals surface area contributed by atoms with E-state index in [0.717, 1.165) is 41.2 Å². The van der Waals surface area contributed by atoms with Crippen molar-refractivity contribution in [3.8, 4) is 33.8 Å². The van der Waals surface area contributed by atoms with Gasteiger partial charge in [-0.15, -0.1) is 15.3 Å². The zero-order valence-electron chi connectivity index (χ0n) is 54.6. The minimum Gasteiger partial charge on any atom is -0.444 e. The highest BCUT2D eigenvalue weighted by molar-refractivity contribution is 6.31. The third-order valence-corrected chi connectivity index (χ3v) is 17.9. The van der Waals surface area contributed by atoms with E-state index in [-0.39, 0.29) is 43.9 Å². The van der Waals surface area contributed by atoms with Gasteiger partial charge >= 0.3 is 6.09 Å². The molecule has 6 fully saturated rings. The number of piperazine rings is 3. The van der Waals surface area contributed by atoms with E-state index in [2.05, 4.69) is 91.7 Å². The third-order valence-electron chi connectivity index (χ3n) is 17.2. The van der Waals surface area contributed by atoms with Crippen LogP contribution in [0.2, 0.25) is 15.1 Å². The zero-order valence-corrected chi connectivity index (χ0v) is 56.8. The van der Waals surface area contributed by atoms with Gasteiger partial charge in [0.25, 0.3) is 0 Å². The fourth-order valence-electron chi connectivity index (χ4n) is 11.8. The highest BCUT2D eigenvalue weighted by Gasteiger charge is 2.36. The lowest BCUT2D eigenvalue weighted by molar-refractivity contribution is -0.124. The summed E-state index contributed by atoms with van der Waals surface area (Å²) < 4.78 is 47.8. The molecule has 3 aromatic heterocycles. The van der Waals surface area contributed by atoms with Gasteiger partial charge in [-0.2, -0.15) is 15.3 Å². The molecule has 3 aromatic carbocycles. The van der Waals surface area contributed by atoms with Crippen molar-refractivity contribution in [2.75, 3.05) is 152 Å². The number of alkyl halides is 3. The van der Waals surface area contributed by atoms with Gasteiger partial charge in [-0.3, -0.25) is 29.1 Å². The molecule has 6 saturated heterocycles. The number of ether oxygens (including phenoxy) is 1. The first-order valence-corrected chi connectivity index (χ1v) is 33.9. The van der Waals surface area contributed by atoms with Crippen molar-refractivity contribution in [2.45, 2.75) is 82.3 Å². The van der Waals surface area contributed by atoms with Crippen LogP contribution >= 0.6 is 34.8 Å². The monoisotopic (exact) mass is 1400 g/mol. The molecule has 0 saturated carbocycles. The Labute approximate surface area is 577 Å². The van der Waals surface area contributed by atoms with Crippen LogP contribution in [-0.4, -0.2) is 269 Å². The highest BCUT2D eigenvalue weighted by atomic mass is 35.5. The molecule has 6 atom stereocenters. The first-order valence-electron chi connectivity index (χ1n) is 32.7. The fraction of sp³-hybridized carbons (Fsp3) is 0.523. The Morgan fingerprint density at radius 2 is 0.794 bits per heavy atom. The van der Waals surface area contributed by atoms with Gasteiger partial charge < -0.3 is 50.9 Å². The quantitative estimate of drug-likeness (QED) is 0.0901. The predicted octanol–water partition coefficient (Wildman–Crippen LogP) is 5.04. The first-order chi connectivity index (χ1) is 46.7. The molecule has 0 unspecified atom stereocenters. The second kappa shape index (κ2) is 34.6. The smallest absolute Gasteiger partial charge is 0.410 e. The number of carbonyl (C=O) groups is 4. The van der Waals surface area contributed by atoms with Gasteiger partial charge in [0.2, 0.25) is 35.6 Å². The number of hydrogen-bond donors (Lipinski definition) is 5. The molecule has 12 rings (SSSR count). The SMILES string of the molecule is CC(C)(C)OC(=O)N1CC[C@H](NC(=O)CN2CCN(c3nncc(-c4ccc(Cl)cc4)n3)CC2)[C@@H](F)C1.O=C(CN1CCN(c2nncc(-c3ccc(Cl)cc3)n2)CC1)N[C@H]1CCNC[C@@H]1F.O=C(CN1CCN(c2nncc(-c3ccc(Cl)cc3)n2)CC1)N[C@H]1CCNC[C@@H]1F. The van der Waals surface area contributed by atoms with Crippen molar-refractivity contribution < 1.29 is 37.1 Å². The maximum atomic E-state index is 14.7. The molecule has 4 amide bonds. The normalized spacial score (nSPS) is 22.0. The molecule has 0 radical (unpaired) electrons. The van der Waals surface area contributed by atoms with Crippen molar-refractivity contribution in [1.29, 1.82) is 0 Å². The number of hydrogen-bond acceptors (Lipinski definition) is 22. The van der Waals surface area contributed by atoms with Crippen molar-refractivity contribution in [2.24, 2.45) is 0 Å². The molecule has 97 heavy (non-hydrogen) atoms. The maximum absolute atomic E-state index is 14.7. The summed E-state index contributed by atoms with van der Waals surface area (Å²) in [6.07, 6.45) is 2.52. The van der Waals surface area contributed by atoms with Crippen molar-refractivity contribution in [3.05, 3.63) is 106 Å². The lowest BCUT2D eigenvalue weighted by Gasteiger charge is -2.37. The van der Waals surface area contributed by atoms with Gasteiger partial charge in [0, 0.05) is 130 Å². The standard InChI is InChI=1S/C25H33ClFN7O3.2C20H25ClFN7O/c1-25(2,3)37-24(36)34-9-8-20(19(27)15-34)29-22(35)16-32-10-12-33(13-11-32)23-30-21(14-28-31-23)17-4-6-18(26)7-5-17;2*21-15-3-1-14(2-4-15)18-12-24-27-20(26-18)29-9-7-28(8-10-29)13-19(30)25-17-5-6-23-11-16(17)22/h4-7,14,19-20H,8-13,15-16H2,1-3H3,(H,29,35);2*1-4,12,16-17,23H,5-11,13H2,(H,25,30)/t19-,20-;2*16-,17-/m000/s1. The number of halogens is 6. The average molecular weight is 1400 g/mol. The van der Waals surface area contributed by atoms with E-state index in [0.29, 0.717) is 156 Å². The van der Waals surface area contributed by atoms with E-state index in [1.54, 1.807) is 51.5 Å².